The van der Waals surface area contributed by atoms with Crippen LogP contribution < -0.4 is 0 Å². The van der Waals surface area contributed by atoms with E-state index in [2.05, 4.69) is 13.8 Å². The molecule has 0 spiro atoms. The van der Waals surface area contributed by atoms with E-state index < -0.39 is 0 Å². The maximum atomic E-state index is 9.03. The Morgan fingerprint density at radius 2 is 1.85 bits per heavy atom. The number of benzene rings is 1. The van der Waals surface area contributed by atoms with Crippen LogP contribution in [0.4, 0.5) is 0 Å². The van der Waals surface area contributed by atoms with Gasteiger partial charge in [0.25, 0.3) is 0 Å². The zero-order valence-corrected chi connectivity index (χ0v) is 8.16. The summed E-state index contributed by atoms with van der Waals surface area (Å²) in [5, 5.41) is 9.03. The molecule has 1 aromatic carbocycles. The van der Waals surface area contributed by atoms with E-state index in [9.17, 15) is 0 Å². The normalized spacial score (nSPS) is 10.7. The molecule has 2 heteroatoms. The predicted molar refractivity (Wildman–Crippen MR) is 52.6 cm³/mol. The lowest BCUT2D eigenvalue weighted by Crippen LogP contribution is -2.01. The van der Waals surface area contributed by atoms with Crippen molar-refractivity contribution in [3.63, 3.8) is 0 Å². The number of phenolic OH excluding ortho intramolecular Hbond substituents is 1. The van der Waals surface area contributed by atoms with Crippen LogP contribution in [0.3, 0.4) is 0 Å². The van der Waals surface area contributed by atoms with Gasteiger partial charge in [0.15, 0.2) is 0 Å². The van der Waals surface area contributed by atoms with Crippen LogP contribution >= 0.6 is 0 Å². The van der Waals surface area contributed by atoms with Gasteiger partial charge in [-0.3, -0.25) is 0 Å². The summed E-state index contributed by atoms with van der Waals surface area (Å²) in [7, 11) is 0. The summed E-state index contributed by atoms with van der Waals surface area (Å²) in [6.07, 6.45) is 0. The van der Waals surface area contributed by atoms with Crippen molar-refractivity contribution >= 4 is 0 Å². The molecule has 13 heavy (non-hydrogen) atoms. The first-order valence-corrected chi connectivity index (χ1v) is 4.54. The molecule has 0 aliphatic carbocycles. The Labute approximate surface area is 79.2 Å². The van der Waals surface area contributed by atoms with Crippen molar-refractivity contribution in [2.24, 2.45) is 5.92 Å². The highest BCUT2D eigenvalue weighted by Crippen LogP contribution is 2.10. The SMILES string of the molecule is CC(C)COCc1ccc(O)cc1. The number of phenols is 1. The molecule has 2 nitrogen and oxygen atoms in total. The number of aromatic hydroxyl groups is 1. The number of hydrogen-bond acceptors (Lipinski definition) is 2. The van der Waals surface area contributed by atoms with Crippen LogP contribution in [0.2, 0.25) is 0 Å². The molecule has 0 aliphatic rings. The van der Waals surface area contributed by atoms with Crippen molar-refractivity contribution in [3.05, 3.63) is 29.8 Å². The van der Waals surface area contributed by atoms with Gasteiger partial charge in [0.2, 0.25) is 0 Å². The minimum Gasteiger partial charge on any atom is -0.508 e. The first-order valence-electron chi connectivity index (χ1n) is 4.54. The van der Waals surface area contributed by atoms with Gasteiger partial charge in [-0.2, -0.15) is 0 Å². The minimum absolute atomic E-state index is 0.299. The lowest BCUT2D eigenvalue weighted by molar-refractivity contribution is 0.0970. The molecular weight excluding hydrogens is 164 g/mol. The van der Waals surface area contributed by atoms with E-state index in [1.165, 1.54) is 0 Å². The molecule has 0 aliphatic heterocycles. The van der Waals surface area contributed by atoms with Gasteiger partial charge < -0.3 is 9.84 Å². The van der Waals surface area contributed by atoms with Gasteiger partial charge in [0.1, 0.15) is 5.75 Å². The van der Waals surface area contributed by atoms with Crippen LogP contribution in [-0.4, -0.2) is 11.7 Å². The molecule has 0 saturated heterocycles. The summed E-state index contributed by atoms with van der Waals surface area (Å²) in [4.78, 5) is 0. The zero-order chi connectivity index (χ0) is 9.68. The summed E-state index contributed by atoms with van der Waals surface area (Å²) in [6.45, 7) is 5.65. The average molecular weight is 180 g/mol. The van der Waals surface area contributed by atoms with Crippen LogP contribution in [0.1, 0.15) is 19.4 Å². The lowest BCUT2D eigenvalue weighted by atomic mass is 10.2. The second-order valence-electron chi connectivity index (χ2n) is 3.58. The Bertz CT molecular complexity index is 239. The Morgan fingerprint density at radius 3 is 2.38 bits per heavy atom. The minimum atomic E-state index is 0.299. The number of ether oxygens (including phenoxy) is 1. The molecule has 0 saturated carbocycles. The van der Waals surface area contributed by atoms with Gasteiger partial charge in [-0.1, -0.05) is 26.0 Å². The highest BCUT2D eigenvalue weighted by molar-refractivity contribution is 5.25. The summed E-state index contributed by atoms with van der Waals surface area (Å²) >= 11 is 0. The second-order valence-corrected chi connectivity index (χ2v) is 3.58. The molecular formula is C11H16O2. The molecule has 0 aromatic heterocycles. The van der Waals surface area contributed by atoms with Crippen LogP contribution in [0.15, 0.2) is 24.3 Å². The fourth-order valence-electron chi connectivity index (χ4n) is 1.00. The summed E-state index contributed by atoms with van der Waals surface area (Å²) < 4.78 is 5.44. The average Bonchev–Trinajstić information content (AvgIpc) is 2.08. The van der Waals surface area contributed by atoms with Gasteiger partial charge in [0.05, 0.1) is 6.61 Å². The molecule has 0 bridgehead atoms. The number of rotatable bonds is 4. The van der Waals surface area contributed by atoms with Gasteiger partial charge in [-0.25, -0.2) is 0 Å². The molecule has 0 fully saturated rings. The zero-order valence-electron chi connectivity index (χ0n) is 8.16. The number of hydrogen-bond donors (Lipinski definition) is 1. The van der Waals surface area contributed by atoms with E-state index in [0.717, 1.165) is 12.2 Å². The monoisotopic (exact) mass is 180 g/mol. The quantitative estimate of drug-likeness (QED) is 0.771. The molecule has 1 rings (SSSR count). The Balaban J connectivity index is 2.33. The van der Waals surface area contributed by atoms with Gasteiger partial charge in [0, 0.05) is 6.61 Å². The lowest BCUT2D eigenvalue weighted by Gasteiger charge is -2.06. The van der Waals surface area contributed by atoms with E-state index >= 15 is 0 Å². The first kappa shape index (κ1) is 10.1. The molecule has 72 valence electrons. The molecule has 0 amide bonds. The first-order chi connectivity index (χ1) is 6.18. The topological polar surface area (TPSA) is 29.5 Å². The Hall–Kier alpha value is -1.02. The Kier molecular flexibility index (Phi) is 3.77. The molecule has 0 heterocycles. The van der Waals surface area contributed by atoms with Crippen LogP contribution in [-0.2, 0) is 11.3 Å². The van der Waals surface area contributed by atoms with Crippen molar-refractivity contribution in [3.8, 4) is 5.75 Å². The van der Waals surface area contributed by atoms with Crippen LogP contribution in [0.25, 0.3) is 0 Å². The van der Waals surface area contributed by atoms with Gasteiger partial charge in [-0.05, 0) is 23.6 Å². The van der Waals surface area contributed by atoms with Gasteiger partial charge >= 0.3 is 0 Å². The van der Waals surface area contributed by atoms with Gasteiger partial charge in [-0.15, -0.1) is 0 Å². The third kappa shape index (κ3) is 3.95. The standard InChI is InChI=1S/C11H16O2/c1-9(2)7-13-8-10-3-5-11(12)6-4-10/h3-6,9,12H,7-8H2,1-2H3. The fourth-order valence-corrected chi connectivity index (χ4v) is 1.00. The highest BCUT2D eigenvalue weighted by Gasteiger charge is 1.95. The van der Waals surface area contributed by atoms with E-state index in [1.54, 1.807) is 12.1 Å². The van der Waals surface area contributed by atoms with E-state index in [4.69, 9.17) is 9.84 Å². The maximum absolute atomic E-state index is 9.03. The maximum Gasteiger partial charge on any atom is 0.115 e. The van der Waals surface area contributed by atoms with Crippen molar-refractivity contribution in [1.29, 1.82) is 0 Å². The van der Waals surface area contributed by atoms with E-state index in [-0.39, 0.29) is 0 Å². The molecule has 0 unspecified atom stereocenters. The van der Waals surface area contributed by atoms with Crippen molar-refractivity contribution < 1.29 is 9.84 Å². The molecule has 0 radical (unpaired) electrons. The van der Waals surface area contributed by atoms with Crippen LogP contribution in [0, 0.1) is 5.92 Å². The molecule has 0 atom stereocenters. The third-order valence-electron chi connectivity index (χ3n) is 1.66. The summed E-state index contributed by atoms with van der Waals surface area (Å²) in [5.74, 6) is 0.865. The van der Waals surface area contributed by atoms with E-state index in [0.29, 0.717) is 18.3 Å². The van der Waals surface area contributed by atoms with E-state index in [1.807, 2.05) is 12.1 Å². The summed E-state index contributed by atoms with van der Waals surface area (Å²) in [5.41, 5.74) is 1.10. The van der Waals surface area contributed by atoms with Crippen molar-refractivity contribution in [2.45, 2.75) is 20.5 Å². The molecule has 1 aromatic rings. The third-order valence-corrected chi connectivity index (χ3v) is 1.66. The smallest absolute Gasteiger partial charge is 0.115 e. The summed E-state index contributed by atoms with van der Waals surface area (Å²) in [6, 6.07) is 7.09. The predicted octanol–water partition coefficient (Wildman–Crippen LogP) is 2.56. The van der Waals surface area contributed by atoms with Crippen LogP contribution in [0.5, 0.6) is 5.75 Å². The van der Waals surface area contributed by atoms with Crippen molar-refractivity contribution in [1.82, 2.24) is 0 Å². The largest absolute Gasteiger partial charge is 0.508 e. The fraction of sp³-hybridized carbons (Fsp3) is 0.455. The highest BCUT2D eigenvalue weighted by atomic mass is 16.5. The second kappa shape index (κ2) is 4.87. The Morgan fingerprint density at radius 1 is 1.23 bits per heavy atom. The molecule has 1 N–H and O–H groups in total. The van der Waals surface area contributed by atoms with Crippen molar-refractivity contribution in [2.75, 3.05) is 6.61 Å².